The molecule has 2 rings (SSSR count). The van der Waals surface area contributed by atoms with Crippen molar-refractivity contribution in [1.29, 1.82) is 0 Å². The number of carboxylic acid groups (broad SMARTS) is 1. The number of rotatable bonds is 6. The Labute approximate surface area is 190 Å². The van der Waals surface area contributed by atoms with Gasteiger partial charge in [0.2, 0.25) is 5.43 Å². The number of aryl methyl sites for hydroxylation is 1. The first-order valence-corrected chi connectivity index (χ1v) is 9.61. The fourth-order valence-corrected chi connectivity index (χ4v) is 3.32. The van der Waals surface area contributed by atoms with Gasteiger partial charge in [0.05, 0.1) is 5.52 Å². The molecule has 1 amide bonds. The quantitative estimate of drug-likeness (QED) is 0.428. The number of aromatic nitrogens is 1. The number of ether oxygens (including phenoxy) is 1. The number of amides is 1. The van der Waals surface area contributed by atoms with E-state index in [0.29, 0.717) is 29.7 Å². The molecule has 1 heterocycles. The third-order valence-electron chi connectivity index (χ3n) is 3.66. The van der Waals surface area contributed by atoms with Crippen molar-refractivity contribution < 1.29 is 19.4 Å². The fraction of sp³-hybridized carbons (Fsp3) is 0.421. The molecule has 0 bridgehead atoms. The largest absolute Gasteiger partial charge is 0.477 e. The van der Waals surface area contributed by atoms with Crippen molar-refractivity contribution in [2.75, 3.05) is 12.3 Å². The number of hydrogen-bond donors (Lipinski definition) is 2. The van der Waals surface area contributed by atoms with Gasteiger partial charge in [0.25, 0.3) is 0 Å². The maximum atomic E-state index is 12.5. The first-order valence-electron chi connectivity index (χ1n) is 8.62. The molecular formula is C19H24N2NaO5S. The molecule has 0 saturated carbocycles. The summed E-state index contributed by atoms with van der Waals surface area (Å²) in [6, 6.07) is 5.40. The van der Waals surface area contributed by atoms with Crippen molar-refractivity contribution in [2.45, 2.75) is 44.7 Å². The summed E-state index contributed by atoms with van der Waals surface area (Å²) in [5.41, 5.74) is -0.574. The van der Waals surface area contributed by atoms with Crippen LogP contribution < -0.4 is 10.7 Å². The van der Waals surface area contributed by atoms with Crippen LogP contribution in [0, 0.1) is 0 Å². The van der Waals surface area contributed by atoms with E-state index in [1.165, 1.54) is 18.0 Å². The molecule has 9 heteroatoms. The maximum absolute atomic E-state index is 12.5. The molecule has 0 spiro atoms. The molecule has 0 unspecified atom stereocenters. The average molecular weight is 415 g/mol. The van der Waals surface area contributed by atoms with Gasteiger partial charge in [-0.1, -0.05) is 0 Å². The van der Waals surface area contributed by atoms with Crippen molar-refractivity contribution in [3.8, 4) is 0 Å². The summed E-state index contributed by atoms with van der Waals surface area (Å²) in [5, 5.41) is 12.3. The molecule has 1 radical (unpaired) electrons. The third kappa shape index (κ3) is 6.55. The first-order chi connectivity index (χ1) is 12.6. The molecule has 147 valence electrons. The van der Waals surface area contributed by atoms with E-state index in [-0.39, 0.29) is 35.1 Å². The van der Waals surface area contributed by atoms with Gasteiger partial charge >= 0.3 is 12.1 Å². The standard InChI is InChI=1S/C19H24N2O5S.Na/c1-5-21-11-14(17(23)24)16(22)13-10-12(6-7-15(13)21)27-9-8-20-18(25)26-19(2,3)4;/h6-7,10-11H,5,8-9H2,1-4H3,(H,20,25)(H,23,24);. The molecule has 0 fully saturated rings. The van der Waals surface area contributed by atoms with E-state index in [2.05, 4.69) is 5.32 Å². The van der Waals surface area contributed by atoms with Crippen molar-refractivity contribution in [3.63, 3.8) is 0 Å². The topological polar surface area (TPSA) is 97.6 Å². The Bertz CT molecular complexity index is 921. The van der Waals surface area contributed by atoms with E-state index in [1.807, 2.05) is 19.1 Å². The van der Waals surface area contributed by atoms with Crippen LogP contribution in [0.4, 0.5) is 4.79 Å². The second-order valence-corrected chi connectivity index (χ2v) is 8.09. The Hall–Kier alpha value is -1.48. The summed E-state index contributed by atoms with van der Waals surface area (Å²) in [7, 11) is 0. The number of nitrogens with zero attached hydrogens (tertiary/aromatic N) is 1. The van der Waals surface area contributed by atoms with E-state index in [1.54, 1.807) is 31.4 Å². The number of aromatic carboxylic acids is 1. The molecule has 0 saturated heterocycles. The minimum atomic E-state index is -1.23. The van der Waals surface area contributed by atoms with Crippen LogP contribution >= 0.6 is 11.8 Å². The fourth-order valence-electron chi connectivity index (χ4n) is 2.52. The summed E-state index contributed by atoms with van der Waals surface area (Å²) in [6.45, 7) is 8.25. The minimum Gasteiger partial charge on any atom is -0.477 e. The van der Waals surface area contributed by atoms with Crippen LogP contribution in [0.15, 0.2) is 34.1 Å². The molecule has 0 aliphatic heterocycles. The third-order valence-corrected chi connectivity index (χ3v) is 4.66. The summed E-state index contributed by atoms with van der Waals surface area (Å²) < 4.78 is 6.91. The van der Waals surface area contributed by atoms with Gasteiger partial charge in [-0.25, -0.2) is 9.59 Å². The van der Waals surface area contributed by atoms with Gasteiger partial charge in [-0.2, -0.15) is 0 Å². The van der Waals surface area contributed by atoms with E-state index < -0.39 is 23.1 Å². The van der Waals surface area contributed by atoms with Crippen LogP contribution in [-0.2, 0) is 11.3 Å². The van der Waals surface area contributed by atoms with E-state index in [4.69, 9.17) is 4.74 Å². The molecule has 1 aromatic heterocycles. The molecule has 28 heavy (non-hydrogen) atoms. The Balaban J connectivity index is 0.00000392. The summed E-state index contributed by atoms with van der Waals surface area (Å²) >= 11 is 1.47. The zero-order chi connectivity index (χ0) is 20.2. The second-order valence-electron chi connectivity index (χ2n) is 6.92. The van der Waals surface area contributed by atoms with E-state index in [0.717, 1.165) is 4.90 Å². The van der Waals surface area contributed by atoms with Crippen LogP contribution in [0.25, 0.3) is 10.9 Å². The van der Waals surface area contributed by atoms with Crippen LogP contribution in [0.3, 0.4) is 0 Å². The van der Waals surface area contributed by atoms with Gasteiger partial charge < -0.3 is 19.7 Å². The zero-order valence-corrected chi connectivity index (χ0v) is 19.7. The number of fused-ring (bicyclic) bond motifs is 1. The minimum absolute atomic E-state index is 0. The number of nitrogens with one attached hydrogen (secondary N) is 1. The number of benzene rings is 1. The molecule has 7 nitrogen and oxygen atoms in total. The maximum Gasteiger partial charge on any atom is 0.407 e. The summed E-state index contributed by atoms with van der Waals surface area (Å²) in [4.78, 5) is 36.2. The monoisotopic (exact) mass is 415 g/mol. The van der Waals surface area contributed by atoms with Gasteiger partial charge in [0.1, 0.15) is 11.2 Å². The van der Waals surface area contributed by atoms with E-state index in [9.17, 15) is 19.5 Å². The predicted octanol–water partition coefficient (Wildman–Crippen LogP) is 2.96. The number of thioether (sulfide) groups is 1. The van der Waals surface area contributed by atoms with Gasteiger partial charge in [0, 0.05) is 64.9 Å². The number of carbonyl (C=O) groups is 2. The Morgan fingerprint density at radius 1 is 1.29 bits per heavy atom. The first kappa shape index (κ1) is 24.6. The molecule has 0 aliphatic rings. The Morgan fingerprint density at radius 3 is 2.54 bits per heavy atom. The van der Waals surface area contributed by atoms with Crippen molar-refractivity contribution in [2.24, 2.45) is 0 Å². The molecule has 0 atom stereocenters. The smallest absolute Gasteiger partial charge is 0.407 e. The molecule has 2 aromatic rings. The number of pyridine rings is 1. The summed E-state index contributed by atoms with van der Waals surface area (Å²) in [5.74, 6) is -0.644. The van der Waals surface area contributed by atoms with Gasteiger partial charge in [-0.05, 0) is 45.9 Å². The van der Waals surface area contributed by atoms with Crippen LogP contribution in [0.2, 0.25) is 0 Å². The van der Waals surface area contributed by atoms with Crippen LogP contribution in [0.5, 0.6) is 0 Å². The van der Waals surface area contributed by atoms with Gasteiger partial charge in [0.15, 0.2) is 0 Å². The van der Waals surface area contributed by atoms with Crippen molar-refractivity contribution >= 4 is 64.3 Å². The predicted molar refractivity (Wildman–Crippen MR) is 112 cm³/mol. The Kier molecular flexibility index (Phi) is 9.07. The number of hydrogen-bond acceptors (Lipinski definition) is 5. The SMILES string of the molecule is CCn1cc(C(=O)O)c(=O)c2cc(SCCNC(=O)OC(C)(C)C)ccc21.[Na]. The molecule has 1 aromatic carbocycles. The van der Waals surface area contributed by atoms with Crippen molar-refractivity contribution in [1.82, 2.24) is 9.88 Å². The number of alkyl carbamates (subject to hydrolysis) is 1. The Morgan fingerprint density at radius 2 is 1.96 bits per heavy atom. The number of carbonyl (C=O) groups excluding carboxylic acids is 1. The second kappa shape index (κ2) is 10.3. The number of carboxylic acids is 1. The van der Waals surface area contributed by atoms with Crippen LogP contribution in [0.1, 0.15) is 38.1 Å². The van der Waals surface area contributed by atoms with Crippen molar-refractivity contribution in [3.05, 3.63) is 40.2 Å². The summed E-state index contributed by atoms with van der Waals surface area (Å²) in [6.07, 6.45) is 0.906. The van der Waals surface area contributed by atoms with Crippen LogP contribution in [-0.4, -0.2) is 69.2 Å². The normalized spacial score (nSPS) is 11.0. The average Bonchev–Trinajstić information content (AvgIpc) is 2.57. The zero-order valence-electron chi connectivity index (χ0n) is 16.9. The van der Waals surface area contributed by atoms with Gasteiger partial charge in [-0.3, -0.25) is 4.79 Å². The van der Waals surface area contributed by atoms with E-state index >= 15 is 0 Å². The molecule has 2 N–H and O–H groups in total. The molecular weight excluding hydrogens is 391 g/mol. The molecule has 0 aliphatic carbocycles. The van der Waals surface area contributed by atoms with Gasteiger partial charge in [-0.15, -0.1) is 11.8 Å².